The van der Waals surface area contributed by atoms with Crippen molar-refractivity contribution in [2.45, 2.75) is 69.6 Å². The van der Waals surface area contributed by atoms with Gasteiger partial charge in [0, 0.05) is 50.4 Å². The van der Waals surface area contributed by atoms with E-state index in [4.69, 9.17) is 14.7 Å². The maximum Gasteiger partial charge on any atom is 0.318 e. The number of likely N-dealkylation sites (N-methyl/N-ethyl adjacent to an activating group) is 1. The van der Waals surface area contributed by atoms with E-state index in [1.165, 1.54) is 35.6 Å². The zero-order valence-electron chi connectivity index (χ0n) is 24.2. The van der Waals surface area contributed by atoms with Crippen molar-refractivity contribution in [3.63, 3.8) is 0 Å². The van der Waals surface area contributed by atoms with Gasteiger partial charge in [0.25, 0.3) is 0 Å². The highest BCUT2D eigenvalue weighted by molar-refractivity contribution is 5.87. The highest BCUT2D eigenvalue weighted by Gasteiger charge is 2.35. The standard InChI is InChI=1S/C32H41N7O2/c1-3-30(40)39-19-18-38(20-24(39)13-15-33)31-27-14-17-37(29-12-6-9-23-8-4-5-11-26(23)29)21-28(27)34-32(35-31)41-22-25-10-7-16-36(25)2/h3-5,8,11,24-25,29H,1,6-7,9-10,12-14,16-22H2,2H3/t24-,25-,29?/m0/s1. The Morgan fingerprint density at radius 1 is 1.12 bits per heavy atom. The van der Waals surface area contributed by atoms with Crippen molar-refractivity contribution < 1.29 is 9.53 Å². The molecule has 0 bridgehead atoms. The molecule has 1 unspecified atom stereocenters. The molecule has 4 aliphatic rings. The number of nitriles is 1. The summed E-state index contributed by atoms with van der Waals surface area (Å²) in [6.07, 6.45) is 8.32. The van der Waals surface area contributed by atoms with Crippen LogP contribution in [-0.4, -0.2) is 89.0 Å². The lowest BCUT2D eigenvalue weighted by molar-refractivity contribution is -0.128. The highest BCUT2D eigenvalue weighted by atomic mass is 16.5. The number of piperazine rings is 1. The first-order chi connectivity index (χ1) is 20.1. The maximum absolute atomic E-state index is 12.5. The Labute approximate surface area is 243 Å². The van der Waals surface area contributed by atoms with Crippen LogP contribution >= 0.6 is 0 Å². The molecule has 1 aliphatic carbocycles. The summed E-state index contributed by atoms with van der Waals surface area (Å²) in [7, 11) is 2.15. The number of nitrogens with zero attached hydrogens (tertiary/aromatic N) is 7. The van der Waals surface area contributed by atoms with Crippen molar-refractivity contribution in [3.05, 3.63) is 59.3 Å². The topological polar surface area (TPSA) is 88.8 Å². The smallest absolute Gasteiger partial charge is 0.318 e. The van der Waals surface area contributed by atoms with Crippen LogP contribution in [0.25, 0.3) is 0 Å². The minimum absolute atomic E-state index is 0.122. The molecule has 216 valence electrons. The Balaban J connectivity index is 1.29. The van der Waals surface area contributed by atoms with Crippen molar-refractivity contribution in [1.29, 1.82) is 5.26 Å². The van der Waals surface area contributed by atoms with Crippen molar-refractivity contribution >= 4 is 11.7 Å². The van der Waals surface area contributed by atoms with Gasteiger partial charge in [0.15, 0.2) is 0 Å². The number of amides is 1. The molecule has 0 spiro atoms. The quantitative estimate of drug-likeness (QED) is 0.480. The van der Waals surface area contributed by atoms with Gasteiger partial charge >= 0.3 is 6.01 Å². The SMILES string of the molecule is C=CC(=O)N1CCN(c2nc(OC[C@@H]3CCCN3C)nc3c2CCN(C2CCCc4ccccc42)C3)C[C@@H]1CC#N. The lowest BCUT2D eigenvalue weighted by Crippen LogP contribution is -2.55. The molecule has 4 heterocycles. The number of rotatable bonds is 7. The van der Waals surface area contributed by atoms with E-state index in [1.54, 1.807) is 4.90 Å². The van der Waals surface area contributed by atoms with Crippen molar-refractivity contribution in [2.24, 2.45) is 0 Å². The van der Waals surface area contributed by atoms with Gasteiger partial charge in [0.2, 0.25) is 5.91 Å². The van der Waals surface area contributed by atoms with E-state index in [2.05, 4.69) is 58.7 Å². The number of likely N-dealkylation sites (tertiary alicyclic amines) is 1. The molecule has 0 N–H and O–H groups in total. The van der Waals surface area contributed by atoms with Gasteiger partial charge in [0.05, 0.1) is 24.2 Å². The fraction of sp³-hybridized carbons (Fsp3) is 0.562. The number of fused-ring (bicyclic) bond motifs is 2. The molecule has 9 nitrogen and oxygen atoms in total. The van der Waals surface area contributed by atoms with Gasteiger partial charge < -0.3 is 19.4 Å². The minimum atomic E-state index is -0.208. The van der Waals surface area contributed by atoms with Gasteiger partial charge in [0.1, 0.15) is 12.4 Å². The fourth-order valence-electron chi connectivity index (χ4n) is 7.20. The monoisotopic (exact) mass is 555 g/mol. The van der Waals surface area contributed by atoms with Gasteiger partial charge in [-0.05, 0) is 69.3 Å². The van der Waals surface area contributed by atoms with E-state index >= 15 is 0 Å². The Bertz CT molecular complexity index is 1320. The van der Waals surface area contributed by atoms with Crippen LogP contribution in [0.1, 0.15) is 60.5 Å². The molecule has 2 saturated heterocycles. The van der Waals surface area contributed by atoms with Crippen molar-refractivity contribution in [1.82, 2.24) is 24.7 Å². The molecular formula is C32H41N7O2. The van der Waals surface area contributed by atoms with E-state index < -0.39 is 0 Å². The molecular weight excluding hydrogens is 514 g/mol. The second-order valence-corrected chi connectivity index (χ2v) is 11.9. The van der Waals surface area contributed by atoms with Gasteiger partial charge in [-0.15, -0.1) is 0 Å². The number of aromatic nitrogens is 2. The molecule has 41 heavy (non-hydrogen) atoms. The molecule has 3 aliphatic heterocycles. The van der Waals surface area contributed by atoms with E-state index in [-0.39, 0.29) is 18.4 Å². The molecule has 2 fully saturated rings. The number of benzene rings is 1. The summed E-state index contributed by atoms with van der Waals surface area (Å²) in [5, 5.41) is 9.51. The normalized spacial score (nSPS) is 24.8. The summed E-state index contributed by atoms with van der Waals surface area (Å²) < 4.78 is 6.31. The number of ether oxygens (including phenoxy) is 1. The molecule has 9 heteroatoms. The summed E-state index contributed by atoms with van der Waals surface area (Å²) in [6, 6.07) is 12.2. The van der Waals surface area contributed by atoms with E-state index in [0.717, 1.165) is 56.8 Å². The zero-order chi connectivity index (χ0) is 28.3. The van der Waals surface area contributed by atoms with Crippen LogP contribution < -0.4 is 9.64 Å². The first-order valence-electron chi connectivity index (χ1n) is 15.1. The van der Waals surface area contributed by atoms with Crippen molar-refractivity contribution in [2.75, 3.05) is 51.3 Å². The van der Waals surface area contributed by atoms with Crippen LogP contribution in [0.5, 0.6) is 6.01 Å². The zero-order valence-corrected chi connectivity index (χ0v) is 24.2. The third kappa shape index (κ3) is 5.68. The summed E-state index contributed by atoms with van der Waals surface area (Å²) in [5.41, 5.74) is 5.15. The Kier molecular flexibility index (Phi) is 8.22. The van der Waals surface area contributed by atoms with Gasteiger partial charge in [-0.25, -0.2) is 0 Å². The first-order valence-corrected chi connectivity index (χ1v) is 15.1. The lowest BCUT2D eigenvalue weighted by Gasteiger charge is -2.43. The predicted octanol–water partition coefficient (Wildman–Crippen LogP) is 3.50. The second-order valence-electron chi connectivity index (χ2n) is 11.9. The highest BCUT2D eigenvalue weighted by Crippen LogP contribution is 2.38. The molecule has 6 rings (SSSR count). The number of carbonyl (C=O) groups excluding carboxylic acids is 1. The number of carbonyl (C=O) groups is 1. The summed E-state index contributed by atoms with van der Waals surface area (Å²) in [6.45, 7) is 8.78. The molecule has 2 aromatic rings. The Morgan fingerprint density at radius 3 is 2.80 bits per heavy atom. The van der Waals surface area contributed by atoms with Gasteiger partial charge in [-0.3, -0.25) is 9.69 Å². The fourth-order valence-corrected chi connectivity index (χ4v) is 7.20. The molecule has 1 aromatic heterocycles. The summed E-state index contributed by atoms with van der Waals surface area (Å²) in [5.74, 6) is 0.782. The first kappa shape index (κ1) is 27.7. The minimum Gasteiger partial charge on any atom is -0.462 e. The van der Waals surface area contributed by atoms with Crippen LogP contribution in [0.3, 0.4) is 0 Å². The molecule has 0 saturated carbocycles. The summed E-state index contributed by atoms with van der Waals surface area (Å²) in [4.78, 5) is 31.5. The Morgan fingerprint density at radius 2 is 2.00 bits per heavy atom. The van der Waals surface area contributed by atoms with Crippen LogP contribution in [0.2, 0.25) is 0 Å². The Hall–Kier alpha value is -3.48. The van der Waals surface area contributed by atoms with Gasteiger partial charge in [-0.1, -0.05) is 30.8 Å². The average molecular weight is 556 g/mol. The number of hydrogen-bond donors (Lipinski definition) is 0. The predicted molar refractivity (Wildman–Crippen MR) is 158 cm³/mol. The largest absolute Gasteiger partial charge is 0.462 e. The van der Waals surface area contributed by atoms with E-state index in [0.29, 0.717) is 44.3 Å². The molecule has 1 amide bonds. The van der Waals surface area contributed by atoms with E-state index in [1.807, 2.05) is 0 Å². The second kappa shape index (κ2) is 12.2. The van der Waals surface area contributed by atoms with E-state index in [9.17, 15) is 10.1 Å². The molecule has 3 atom stereocenters. The van der Waals surface area contributed by atoms with Crippen LogP contribution in [0.4, 0.5) is 5.82 Å². The number of anilines is 1. The van der Waals surface area contributed by atoms with Crippen LogP contribution in [-0.2, 0) is 24.2 Å². The lowest BCUT2D eigenvalue weighted by atomic mass is 9.86. The number of hydrogen-bond acceptors (Lipinski definition) is 8. The maximum atomic E-state index is 12.5. The van der Waals surface area contributed by atoms with Gasteiger partial charge in [-0.2, -0.15) is 15.2 Å². The van der Waals surface area contributed by atoms with Crippen molar-refractivity contribution in [3.8, 4) is 12.1 Å². The summed E-state index contributed by atoms with van der Waals surface area (Å²) >= 11 is 0. The van der Waals surface area contributed by atoms with Crippen LogP contribution in [0, 0.1) is 11.3 Å². The molecule has 0 radical (unpaired) electrons. The molecule has 1 aromatic carbocycles. The average Bonchev–Trinajstić information content (AvgIpc) is 3.43. The van der Waals surface area contributed by atoms with Crippen LogP contribution in [0.15, 0.2) is 36.9 Å². The third-order valence-electron chi connectivity index (χ3n) is 9.47. The number of aryl methyl sites for hydroxylation is 1. The third-order valence-corrected chi connectivity index (χ3v) is 9.47.